The quantitative estimate of drug-likeness (QED) is 0.144. The number of anilines is 1. The number of carbonyl (C=O) groups excluding carboxylic acids is 2. The van der Waals surface area contributed by atoms with Crippen LogP contribution in [0.2, 0.25) is 10.0 Å². The van der Waals surface area contributed by atoms with Crippen molar-refractivity contribution in [2.45, 2.75) is 37.3 Å². The van der Waals surface area contributed by atoms with Crippen LogP contribution in [-0.2, 0) is 28.6 Å². The lowest BCUT2D eigenvalue weighted by atomic mass is 10.0. The Bertz CT molecular complexity index is 1970. The minimum Gasteiger partial charge on any atom is -0.493 e. The molecule has 1 aliphatic carbocycles. The highest BCUT2D eigenvalue weighted by Gasteiger charge is 2.74. The first kappa shape index (κ1) is 35.9. The van der Waals surface area contributed by atoms with Crippen molar-refractivity contribution in [2.24, 2.45) is 11.8 Å². The third-order valence-corrected chi connectivity index (χ3v) is 10.9. The van der Waals surface area contributed by atoms with Crippen LogP contribution in [0.1, 0.15) is 45.1 Å². The van der Waals surface area contributed by atoms with Gasteiger partial charge in [-0.2, -0.15) is 13.2 Å². The number of H-pyrrole nitrogens is 1. The highest BCUT2D eigenvalue weighted by molar-refractivity contribution is 6.35. The van der Waals surface area contributed by atoms with E-state index in [1.165, 1.54) is 43.4 Å². The second kappa shape index (κ2) is 14.1. The molecule has 1 aromatic heterocycles. The van der Waals surface area contributed by atoms with E-state index in [1.54, 1.807) is 42.7 Å². The van der Waals surface area contributed by atoms with Crippen LogP contribution in [0.5, 0.6) is 11.5 Å². The number of amides is 1. The number of halogens is 5. The molecule has 52 heavy (non-hydrogen) atoms. The predicted octanol–water partition coefficient (Wildman–Crippen LogP) is 7.83. The SMILES string of the molecule is COc1ccc([C@H](Cc2c(Cl)c[nH+]cc2Cl)OC(=O)c2ccc(CN(C(=O)O[C@]34CN5CCC3C4C5)c3cccc(C(F)(F)F)c3)cc2)cc1OC. The van der Waals surface area contributed by atoms with Gasteiger partial charge < -0.3 is 18.9 Å². The number of methoxy groups -OCH3 is 2. The Morgan fingerprint density at radius 2 is 1.71 bits per heavy atom. The maximum atomic E-state index is 13.8. The Balaban J connectivity index is 1.12. The number of carbonyl (C=O) groups is 2. The van der Waals surface area contributed by atoms with E-state index >= 15 is 0 Å². The standard InChI is InChI=1S/C38H34Cl2F3N3O6/c1-49-32-11-10-24(14-34(32)50-2)33(16-27-30(39)17-44-18-31(27)40)51-35(47)23-8-6-22(7-9-23)19-46(26-5-3-4-25(15-26)38(41,42)43)36(48)52-37-21-45-13-12-28(37)29(37)20-45/h3-11,14-15,17-18,28-29,33H,12-13,16,19-21H2,1-2H3/p+1/t28?,29?,33-,37+/m0/s1. The molecule has 3 aliphatic heterocycles. The van der Waals surface area contributed by atoms with E-state index in [0.717, 1.165) is 31.6 Å². The Kier molecular flexibility index (Phi) is 9.75. The highest BCUT2D eigenvalue weighted by Crippen LogP contribution is 2.63. The van der Waals surface area contributed by atoms with Gasteiger partial charge in [-0.25, -0.2) is 14.6 Å². The van der Waals surface area contributed by atoms with Crippen molar-refractivity contribution in [2.75, 3.05) is 38.8 Å². The van der Waals surface area contributed by atoms with E-state index in [2.05, 4.69) is 9.88 Å². The lowest BCUT2D eigenvalue weighted by Crippen LogP contribution is -2.42. The first-order valence-electron chi connectivity index (χ1n) is 16.7. The van der Waals surface area contributed by atoms with Gasteiger partial charge in [0.05, 0.1) is 31.9 Å². The number of hydrogen-bond donors (Lipinski definition) is 0. The molecule has 5 atom stereocenters. The molecule has 3 aromatic carbocycles. The van der Waals surface area contributed by atoms with Gasteiger partial charge in [-0.3, -0.25) is 9.80 Å². The number of aromatic nitrogens is 1. The van der Waals surface area contributed by atoms with E-state index in [-0.39, 0.29) is 36.1 Å². The van der Waals surface area contributed by atoms with E-state index in [1.807, 2.05) is 0 Å². The number of esters is 1. The van der Waals surface area contributed by atoms with Crippen molar-refractivity contribution in [3.05, 3.63) is 117 Å². The number of piperidine rings is 3. The summed E-state index contributed by atoms with van der Waals surface area (Å²) in [5.74, 6) is 0.785. The fourth-order valence-corrected chi connectivity index (χ4v) is 8.03. The molecule has 0 radical (unpaired) electrons. The van der Waals surface area contributed by atoms with Crippen LogP contribution in [-0.4, -0.2) is 56.4 Å². The molecule has 0 spiro atoms. The zero-order valence-electron chi connectivity index (χ0n) is 28.2. The zero-order chi connectivity index (χ0) is 36.8. The van der Waals surface area contributed by atoms with Gasteiger partial charge in [-0.1, -0.05) is 47.5 Å². The summed E-state index contributed by atoms with van der Waals surface area (Å²) in [6.45, 7) is 2.34. The van der Waals surface area contributed by atoms with Gasteiger partial charge in [0.2, 0.25) is 0 Å². The van der Waals surface area contributed by atoms with Crippen LogP contribution >= 0.6 is 23.2 Å². The molecule has 9 nitrogen and oxygen atoms in total. The third kappa shape index (κ3) is 6.99. The van der Waals surface area contributed by atoms with Crippen molar-refractivity contribution < 1.29 is 46.7 Å². The number of pyridine rings is 1. The first-order chi connectivity index (χ1) is 24.9. The molecule has 4 aromatic rings. The predicted molar refractivity (Wildman–Crippen MR) is 186 cm³/mol. The first-order valence-corrected chi connectivity index (χ1v) is 17.4. The van der Waals surface area contributed by atoms with Crippen LogP contribution in [0.4, 0.5) is 23.7 Å². The minimum atomic E-state index is -4.60. The van der Waals surface area contributed by atoms with Gasteiger partial charge in [0.25, 0.3) is 0 Å². The van der Waals surface area contributed by atoms with Gasteiger partial charge in [0.15, 0.2) is 23.9 Å². The number of nitrogens with one attached hydrogen (secondary N) is 1. The van der Waals surface area contributed by atoms with Crippen molar-refractivity contribution in [3.63, 3.8) is 0 Å². The summed E-state index contributed by atoms with van der Waals surface area (Å²) < 4.78 is 64.1. The van der Waals surface area contributed by atoms with E-state index in [0.29, 0.717) is 44.8 Å². The summed E-state index contributed by atoms with van der Waals surface area (Å²) in [5, 5.41) is 0.717. The number of hydrogen-bond acceptors (Lipinski definition) is 7. The van der Waals surface area contributed by atoms with E-state index in [4.69, 9.17) is 42.1 Å². The molecule has 1 saturated carbocycles. The number of benzene rings is 3. The molecule has 4 fully saturated rings. The molecule has 272 valence electrons. The fraction of sp³-hybridized carbons (Fsp3) is 0.342. The molecule has 4 heterocycles. The van der Waals surface area contributed by atoms with Crippen LogP contribution < -0.4 is 19.4 Å². The van der Waals surface area contributed by atoms with Gasteiger partial charge in [0, 0.05) is 42.6 Å². The number of nitrogens with zero attached hydrogens (tertiary/aromatic N) is 2. The zero-order valence-corrected chi connectivity index (χ0v) is 29.7. The molecule has 4 bridgehead atoms. The normalized spacial score (nSPS) is 21.9. The Morgan fingerprint density at radius 1 is 0.981 bits per heavy atom. The number of aromatic amines is 1. The van der Waals surface area contributed by atoms with Crippen LogP contribution in [0.15, 0.2) is 79.1 Å². The van der Waals surface area contributed by atoms with Gasteiger partial charge in [-0.05, 0) is 66.6 Å². The van der Waals surface area contributed by atoms with Crippen molar-refractivity contribution >= 4 is 41.0 Å². The lowest BCUT2D eigenvalue weighted by Gasteiger charge is -2.31. The highest BCUT2D eigenvalue weighted by atomic mass is 35.5. The summed E-state index contributed by atoms with van der Waals surface area (Å²) in [5.41, 5.74) is 0.497. The summed E-state index contributed by atoms with van der Waals surface area (Å²) in [6, 6.07) is 16.1. The second-order valence-corrected chi connectivity index (χ2v) is 14.0. The summed E-state index contributed by atoms with van der Waals surface area (Å²) >= 11 is 12.9. The average molecular weight is 758 g/mol. The monoisotopic (exact) mass is 756 g/mol. The van der Waals surface area contributed by atoms with Crippen LogP contribution in [0.3, 0.4) is 0 Å². The van der Waals surface area contributed by atoms with Gasteiger partial charge >= 0.3 is 18.2 Å². The largest absolute Gasteiger partial charge is 0.493 e. The molecule has 1 amide bonds. The number of alkyl halides is 3. The Hall–Kier alpha value is -4.52. The van der Waals surface area contributed by atoms with Crippen LogP contribution in [0, 0.1) is 11.8 Å². The number of fused-ring (bicyclic) bond motifs is 1. The number of ether oxygens (including phenoxy) is 4. The second-order valence-electron chi connectivity index (χ2n) is 13.2. The Labute approximate surface area is 308 Å². The molecule has 14 heteroatoms. The van der Waals surface area contributed by atoms with Crippen molar-refractivity contribution in [1.29, 1.82) is 0 Å². The smallest absolute Gasteiger partial charge is 0.416 e. The van der Waals surface area contributed by atoms with Crippen molar-refractivity contribution in [1.82, 2.24) is 4.90 Å². The molecule has 1 N–H and O–H groups in total. The van der Waals surface area contributed by atoms with E-state index in [9.17, 15) is 22.8 Å². The maximum absolute atomic E-state index is 13.8. The summed E-state index contributed by atoms with van der Waals surface area (Å²) in [7, 11) is 3.01. The molecule has 4 aliphatic rings. The number of rotatable bonds is 11. The molecule has 8 rings (SSSR count). The molecule has 3 unspecified atom stereocenters. The molecular formula is C38H35Cl2F3N3O6+. The summed E-state index contributed by atoms with van der Waals surface area (Å²) in [6.07, 6.45) is -1.94. The minimum absolute atomic E-state index is 0.0500. The topological polar surface area (TPSA) is 91.7 Å². The van der Waals surface area contributed by atoms with Gasteiger partial charge in [0.1, 0.15) is 21.8 Å². The van der Waals surface area contributed by atoms with Crippen molar-refractivity contribution in [3.8, 4) is 11.5 Å². The third-order valence-electron chi connectivity index (χ3n) is 10.2. The fourth-order valence-electron chi connectivity index (χ4n) is 7.50. The maximum Gasteiger partial charge on any atom is 0.416 e. The average Bonchev–Trinajstić information content (AvgIpc) is 3.63. The lowest BCUT2D eigenvalue weighted by molar-refractivity contribution is -0.377. The van der Waals surface area contributed by atoms with Gasteiger partial charge in [-0.15, -0.1) is 0 Å². The van der Waals surface area contributed by atoms with E-state index < -0.39 is 35.5 Å². The summed E-state index contributed by atoms with van der Waals surface area (Å²) in [4.78, 5) is 33.7. The van der Waals surface area contributed by atoms with Crippen LogP contribution in [0.25, 0.3) is 0 Å². The Morgan fingerprint density at radius 3 is 2.33 bits per heavy atom. The molecule has 3 saturated heterocycles. The molecular weight excluding hydrogens is 722 g/mol.